The fourth-order valence-corrected chi connectivity index (χ4v) is 6.22. The van der Waals surface area contributed by atoms with Crippen molar-refractivity contribution >= 4 is 33.0 Å². The molecule has 166 valence electrons. The van der Waals surface area contributed by atoms with Crippen molar-refractivity contribution in [2.24, 2.45) is 5.92 Å². The number of piperidine rings is 1. The number of amides is 1. The van der Waals surface area contributed by atoms with Crippen molar-refractivity contribution in [2.75, 3.05) is 18.4 Å². The molecule has 1 aliphatic heterocycles. The highest BCUT2D eigenvalue weighted by Crippen LogP contribution is 2.31. The molecular formula is C21H21N5O4S2. The van der Waals surface area contributed by atoms with Crippen molar-refractivity contribution in [3.63, 3.8) is 0 Å². The van der Waals surface area contributed by atoms with Crippen LogP contribution in [0.1, 0.15) is 31.2 Å². The zero-order valence-electron chi connectivity index (χ0n) is 17.3. The number of hydrogen-bond donors (Lipinski definition) is 1. The summed E-state index contributed by atoms with van der Waals surface area (Å²) >= 11 is 1.12. The van der Waals surface area contributed by atoms with Crippen LogP contribution in [0.3, 0.4) is 0 Å². The first-order chi connectivity index (χ1) is 15.4. The first-order valence-electron chi connectivity index (χ1n) is 10.1. The molecule has 0 aliphatic carbocycles. The van der Waals surface area contributed by atoms with Crippen LogP contribution in [-0.4, -0.2) is 41.9 Å². The van der Waals surface area contributed by atoms with E-state index in [0.717, 1.165) is 11.3 Å². The van der Waals surface area contributed by atoms with Gasteiger partial charge in [0, 0.05) is 42.1 Å². The van der Waals surface area contributed by atoms with Gasteiger partial charge in [-0.1, -0.05) is 12.1 Å². The molecule has 1 aromatic carbocycles. The molecular weight excluding hydrogens is 450 g/mol. The van der Waals surface area contributed by atoms with Crippen LogP contribution in [0.15, 0.2) is 44.4 Å². The fourth-order valence-electron chi connectivity index (χ4n) is 3.44. The molecule has 0 atom stereocenters. The van der Waals surface area contributed by atoms with E-state index in [0.29, 0.717) is 47.8 Å². The van der Waals surface area contributed by atoms with E-state index >= 15 is 0 Å². The van der Waals surface area contributed by atoms with Gasteiger partial charge in [-0.2, -0.15) is 14.6 Å². The van der Waals surface area contributed by atoms with Gasteiger partial charge in [-0.05, 0) is 43.2 Å². The summed E-state index contributed by atoms with van der Waals surface area (Å²) < 4.78 is 32.9. The molecule has 0 bridgehead atoms. The molecule has 4 rings (SSSR count). The highest BCUT2D eigenvalue weighted by atomic mass is 32.2. The molecule has 0 saturated carbocycles. The van der Waals surface area contributed by atoms with Crippen LogP contribution in [-0.2, 0) is 21.2 Å². The summed E-state index contributed by atoms with van der Waals surface area (Å²) in [6, 6.07) is 10.2. The van der Waals surface area contributed by atoms with Gasteiger partial charge in [0.2, 0.25) is 17.6 Å². The molecule has 3 heterocycles. The van der Waals surface area contributed by atoms with Gasteiger partial charge in [0.1, 0.15) is 4.21 Å². The normalized spacial score (nSPS) is 15.4. The van der Waals surface area contributed by atoms with Gasteiger partial charge in [0.15, 0.2) is 0 Å². The summed E-state index contributed by atoms with van der Waals surface area (Å²) in [6.45, 7) is 2.43. The molecule has 9 nitrogen and oxygen atoms in total. The lowest BCUT2D eigenvalue weighted by Gasteiger charge is -2.30. The maximum Gasteiger partial charge on any atom is 0.252 e. The van der Waals surface area contributed by atoms with Gasteiger partial charge in [0.05, 0.1) is 11.6 Å². The molecule has 1 fully saturated rings. The second-order valence-electron chi connectivity index (χ2n) is 7.38. The monoisotopic (exact) mass is 471 g/mol. The summed E-state index contributed by atoms with van der Waals surface area (Å²) in [5.74, 6) is 0.450. The minimum atomic E-state index is -3.66. The lowest BCUT2D eigenvalue weighted by atomic mass is 9.97. The van der Waals surface area contributed by atoms with E-state index in [1.165, 1.54) is 4.31 Å². The number of rotatable bonds is 6. The summed E-state index contributed by atoms with van der Waals surface area (Å²) in [7, 11) is -3.66. The van der Waals surface area contributed by atoms with Crippen LogP contribution in [0, 0.1) is 17.2 Å². The third-order valence-electron chi connectivity index (χ3n) is 5.30. The topological polar surface area (TPSA) is 129 Å². The van der Waals surface area contributed by atoms with E-state index in [2.05, 4.69) is 15.5 Å². The van der Waals surface area contributed by atoms with E-state index in [9.17, 15) is 13.2 Å². The molecule has 32 heavy (non-hydrogen) atoms. The van der Waals surface area contributed by atoms with E-state index in [4.69, 9.17) is 9.78 Å². The van der Waals surface area contributed by atoms with Crippen LogP contribution in [0.4, 0.5) is 5.69 Å². The van der Waals surface area contributed by atoms with E-state index in [-0.39, 0.29) is 29.1 Å². The SMILES string of the molecule is CCc1nc(-c2csc(S(=O)(=O)N3CCC(C(=O)Nc4ccc(C#N)cc4)CC3)c2)no1. The molecule has 3 aromatic rings. The smallest absolute Gasteiger partial charge is 0.252 e. The van der Waals surface area contributed by atoms with Crippen molar-refractivity contribution in [1.82, 2.24) is 14.4 Å². The predicted octanol–water partition coefficient (Wildman–Crippen LogP) is 3.27. The van der Waals surface area contributed by atoms with Crippen LogP contribution in [0.2, 0.25) is 0 Å². The lowest BCUT2D eigenvalue weighted by molar-refractivity contribution is -0.120. The second kappa shape index (κ2) is 9.20. The second-order valence-corrected chi connectivity index (χ2v) is 10.5. The molecule has 1 saturated heterocycles. The number of carbonyl (C=O) groups is 1. The van der Waals surface area contributed by atoms with Gasteiger partial charge in [-0.3, -0.25) is 4.79 Å². The quantitative estimate of drug-likeness (QED) is 0.584. The number of aromatic nitrogens is 2. The Bertz CT molecular complexity index is 1250. The van der Waals surface area contributed by atoms with Crippen molar-refractivity contribution in [3.8, 4) is 17.5 Å². The number of thiophene rings is 1. The first-order valence-corrected chi connectivity index (χ1v) is 12.5. The summed E-state index contributed by atoms with van der Waals surface area (Å²) in [4.78, 5) is 16.8. The van der Waals surface area contributed by atoms with Gasteiger partial charge in [0.25, 0.3) is 10.0 Å². The van der Waals surface area contributed by atoms with Crippen molar-refractivity contribution in [3.05, 3.63) is 47.2 Å². The number of carbonyl (C=O) groups excluding carboxylic acids is 1. The van der Waals surface area contributed by atoms with Crippen LogP contribution in [0.5, 0.6) is 0 Å². The largest absolute Gasteiger partial charge is 0.339 e. The standard InChI is InChI=1S/C21H21N5O4S2/c1-2-18-24-20(25-30-18)16-11-19(31-13-16)32(28,29)26-9-7-15(8-10-26)21(27)23-17-5-3-14(12-22)4-6-17/h3-6,11,13,15H,2,7-10H2,1H3,(H,23,27). The van der Waals surface area contributed by atoms with E-state index in [1.54, 1.807) is 35.7 Å². The summed E-state index contributed by atoms with van der Waals surface area (Å²) in [5, 5.41) is 17.3. The number of sulfonamides is 1. The van der Waals surface area contributed by atoms with Crippen molar-refractivity contribution in [2.45, 2.75) is 30.4 Å². The lowest BCUT2D eigenvalue weighted by Crippen LogP contribution is -2.41. The predicted molar refractivity (Wildman–Crippen MR) is 118 cm³/mol. The molecule has 0 unspecified atom stereocenters. The minimum Gasteiger partial charge on any atom is -0.339 e. The Morgan fingerprint density at radius 3 is 2.66 bits per heavy atom. The number of nitrogens with zero attached hydrogens (tertiary/aromatic N) is 4. The van der Waals surface area contributed by atoms with E-state index in [1.807, 2.05) is 13.0 Å². The summed E-state index contributed by atoms with van der Waals surface area (Å²) in [6.07, 6.45) is 1.48. The zero-order chi connectivity index (χ0) is 22.7. The first kappa shape index (κ1) is 22.1. The number of anilines is 1. The Kier molecular flexibility index (Phi) is 6.36. The zero-order valence-corrected chi connectivity index (χ0v) is 18.9. The number of benzene rings is 1. The third-order valence-corrected chi connectivity index (χ3v) is 8.62. The molecule has 0 radical (unpaired) electrons. The Labute approximate surface area is 189 Å². The van der Waals surface area contributed by atoms with Crippen molar-refractivity contribution < 1.29 is 17.7 Å². The minimum absolute atomic E-state index is 0.144. The summed E-state index contributed by atoms with van der Waals surface area (Å²) in [5.41, 5.74) is 1.74. The highest BCUT2D eigenvalue weighted by Gasteiger charge is 2.33. The molecule has 1 N–H and O–H groups in total. The molecule has 0 spiro atoms. The van der Waals surface area contributed by atoms with Gasteiger partial charge in [-0.25, -0.2) is 8.42 Å². The third kappa shape index (κ3) is 4.57. The Hall–Kier alpha value is -3.07. The molecule has 1 aliphatic rings. The van der Waals surface area contributed by atoms with Gasteiger partial charge >= 0.3 is 0 Å². The maximum atomic E-state index is 13.1. The van der Waals surface area contributed by atoms with Crippen LogP contribution >= 0.6 is 11.3 Å². The number of hydrogen-bond acceptors (Lipinski definition) is 8. The van der Waals surface area contributed by atoms with Crippen LogP contribution in [0.25, 0.3) is 11.4 Å². The molecule has 2 aromatic heterocycles. The maximum absolute atomic E-state index is 13.1. The van der Waals surface area contributed by atoms with E-state index < -0.39 is 10.0 Å². The van der Waals surface area contributed by atoms with Crippen LogP contribution < -0.4 is 5.32 Å². The highest BCUT2D eigenvalue weighted by molar-refractivity contribution is 7.91. The Morgan fingerprint density at radius 1 is 1.31 bits per heavy atom. The molecule has 11 heteroatoms. The number of nitrogens with one attached hydrogen (secondary N) is 1. The average molecular weight is 472 g/mol. The Morgan fingerprint density at radius 2 is 2.03 bits per heavy atom. The fraction of sp³-hybridized carbons (Fsp3) is 0.333. The Balaban J connectivity index is 1.37. The number of aryl methyl sites for hydroxylation is 1. The van der Waals surface area contributed by atoms with Crippen molar-refractivity contribution in [1.29, 1.82) is 5.26 Å². The molecule has 1 amide bonds. The average Bonchev–Trinajstić information content (AvgIpc) is 3.49. The van der Waals surface area contributed by atoms with Gasteiger partial charge in [-0.15, -0.1) is 11.3 Å². The van der Waals surface area contributed by atoms with Gasteiger partial charge < -0.3 is 9.84 Å². The number of nitriles is 1.